The van der Waals surface area contributed by atoms with Crippen molar-refractivity contribution in [3.8, 4) is 5.82 Å². The van der Waals surface area contributed by atoms with Crippen molar-refractivity contribution in [3.05, 3.63) is 42.9 Å². The molecular formula is C10H7N5. The number of rotatable bonds is 1. The molecule has 0 saturated heterocycles. The van der Waals surface area contributed by atoms with E-state index in [2.05, 4.69) is 20.3 Å². The van der Waals surface area contributed by atoms with E-state index >= 15 is 0 Å². The van der Waals surface area contributed by atoms with Crippen LogP contribution in [0.3, 0.4) is 0 Å². The topological polar surface area (TPSA) is 56.5 Å². The van der Waals surface area contributed by atoms with Gasteiger partial charge in [-0.2, -0.15) is 4.68 Å². The molecule has 0 aliphatic rings. The molecule has 3 aromatic heterocycles. The normalized spacial score (nSPS) is 10.7. The van der Waals surface area contributed by atoms with Crippen molar-refractivity contribution in [2.45, 2.75) is 0 Å². The van der Waals surface area contributed by atoms with Gasteiger partial charge in [-0.05, 0) is 18.2 Å². The Kier molecular flexibility index (Phi) is 1.68. The van der Waals surface area contributed by atoms with Crippen molar-refractivity contribution in [1.82, 2.24) is 25.0 Å². The van der Waals surface area contributed by atoms with Gasteiger partial charge in [0.05, 0.1) is 11.7 Å². The maximum absolute atomic E-state index is 4.21. The Morgan fingerprint density at radius 1 is 1.07 bits per heavy atom. The third-order valence-corrected chi connectivity index (χ3v) is 2.11. The Balaban J connectivity index is 2.28. The van der Waals surface area contributed by atoms with Crippen molar-refractivity contribution in [3.63, 3.8) is 0 Å². The van der Waals surface area contributed by atoms with Gasteiger partial charge in [0.2, 0.25) is 0 Å². The first-order chi connectivity index (χ1) is 7.45. The van der Waals surface area contributed by atoms with Gasteiger partial charge >= 0.3 is 0 Å². The van der Waals surface area contributed by atoms with Crippen molar-refractivity contribution in [2.75, 3.05) is 0 Å². The molecule has 0 fully saturated rings. The Morgan fingerprint density at radius 2 is 2.07 bits per heavy atom. The quantitative estimate of drug-likeness (QED) is 0.588. The van der Waals surface area contributed by atoms with Gasteiger partial charge in [-0.3, -0.25) is 4.98 Å². The molecule has 15 heavy (non-hydrogen) atoms. The molecule has 0 unspecified atom stereocenters. The van der Waals surface area contributed by atoms with Crippen LogP contribution in [0, 0.1) is 0 Å². The van der Waals surface area contributed by atoms with Gasteiger partial charge in [-0.25, -0.2) is 4.98 Å². The molecule has 0 aromatic carbocycles. The smallest absolute Gasteiger partial charge is 0.155 e. The van der Waals surface area contributed by atoms with E-state index in [1.807, 2.05) is 24.3 Å². The molecular weight excluding hydrogens is 190 g/mol. The van der Waals surface area contributed by atoms with Crippen LogP contribution in [0.2, 0.25) is 0 Å². The molecule has 0 atom stereocenters. The van der Waals surface area contributed by atoms with Gasteiger partial charge in [0.25, 0.3) is 0 Å². The molecule has 5 heteroatoms. The lowest BCUT2D eigenvalue weighted by Crippen LogP contribution is -1.98. The highest BCUT2D eigenvalue weighted by Gasteiger charge is 2.05. The van der Waals surface area contributed by atoms with Gasteiger partial charge in [0, 0.05) is 12.4 Å². The zero-order chi connectivity index (χ0) is 10.1. The van der Waals surface area contributed by atoms with Crippen LogP contribution < -0.4 is 0 Å². The summed E-state index contributed by atoms with van der Waals surface area (Å²) in [4.78, 5) is 8.20. The lowest BCUT2D eigenvalue weighted by molar-refractivity contribution is 0.801. The summed E-state index contributed by atoms with van der Waals surface area (Å²) in [5.41, 5.74) is 1.67. The summed E-state index contributed by atoms with van der Waals surface area (Å²) in [7, 11) is 0. The SMILES string of the molecule is c1ccc(-n2nnc3cnccc32)nc1. The monoisotopic (exact) mass is 197 g/mol. The molecule has 3 heterocycles. The van der Waals surface area contributed by atoms with E-state index in [-0.39, 0.29) is 0 Å². The van der Waals surface area contributed by atoms with E-state index in [4.69, 9.17) is 0 Å². The summed E-state index contributed by atoms with van der Waals surface area (Å²) in [5, 5.41) is 8.04. The zero-order valence-electron chi connectivity index (χ0n) is 7.78. The maximum Gasteiger partial charge on any atom is 0.155 e. The second-order valence-corrected chi connectivity index (χ2v) is 3.05. The van der Waals surface area contributed by atoms with Gasteiger partial charge in [-0.1, -0.05) is 11.3 Å². The number of aromatic nitrogens is 5. The second kappa shape index (κ2) is 3.13. The Hall–Kier alpha value is -2.30. The molecule has 0 bridgehead atoms. The molecule has 0 spiro atoms. The second-order valence-electron chi connectivity index (χ2n) is 3.05. The number of nitrogens with zero attached hydrogens (tertiary/aromatic N) is 5. The lowest BCUT2D eigenvalue weighted by Gasteiger charge is -1.98. The largest absolute Gasteiger partial charge is 0.262 e. The average Bonchev–Trinajstić information content (AvgIpc) is 2.74. The summed E-state index contributed by atoms with van der Waals surface area (Å²) in [6.07, 6.45) is 5.12. The summed E-state index contributed by atoms with van der Waals surface area (Å²) in [6.45, 7) is 0. The average molecular weight is 197 g/mol. The third kappa shape index (κ3) is 1.25. The van der Waals surface area contributed by atoms with E-state index in [0.717, 1.165) is 16.9 Å². The van der Waals surface area contributed by atoms with Crippen LogP contribution in [0.4, 0.5) is 0 Å². The van der Waals surface area contributed by atoms with E-state index < -0.39 is 0 Å². The fourth-order valence-electron chi connectivity index (χ4n) is 1.42. The van der Waals surface area contributed by atoms with E-state index in [0.29, 0.717) is 0 Å². The molecule has 0 aliphatic heterocycles. The molecule has 0 saturated carbocycles. The molecule has 0 radical (unpaired) electrons. The number of hydrogen-bond acceptors (Lipinski definition) is 4. The van der Waals surface area contributed by atoms with Crippen LogP contribution in [0.5, 0.6) is 0 Å². The van der Waals surface area contributed by atoms with E-state index in [9.17, 15) is 0 Å². The molecule has 0 N–H and O–H groups in total. The lowest BCUT2D eigenvalue weighted by atomic mass is 10.4. The van der Waals surface area contributed by atoms with Crippen LogP contribution in [-0.2, 0) is 0 Å². The fourth-order valence-corrected chi connectivity index (χ4v) is 1.42. The van der Waals surface area contributed by atoms with Gasteiger partial charge in [0.15, 0.2) is 5.82 Å². The Morgan fingerprint density at radius 3 is 2.93 bits per heavy atom. The molecule has 3 rings (SSSR count). The summed E-state index contributed by atoms with van der Waals surface area (Å²) in [6, 6.07) is 7.53. The summed E-state index contributed by atoms with van der Waals surface area (Å²) < 4.78 is 1.69. The van der Waals surface area contributed by atoms with Crippen molar-refractivity contribution in [1.29, 1.82) is 0 Å². The number of hydrogen-bond donors (Lipinski definition) is 0. The first-order valence-corrected chi connectivity index (χ1v) is 4.52. The Labute approximate surface area is 85.4 Å². The minimum atomic E-state index is 0.756. The number of pyridine rings is 2. The molecule has 3 aromatic rings. The molecule has 72 valence electrons. The minimum absolute atomic E-state index is 0.756. The van der Waals surface area contributed by atoms with Crippen LogP contribution in [-0.4, -0.2) is 25.0 Å². The molecule has 0 aliphatic carbocycles. The zero-order valence-corrected chi connectivity index (χ0v) is 7.78. The van der Waals surface area contributed by atoms with Gasteiger partial charge < -0.3 is 0 Å². The van der Waals surface area contributed by atoms with Crippen LogP contribution in [0.15, 0.2) is 42.9 Å². The highest BCUT2D eigenvalue weighted by molar-refractivity contribution is 5.74. The molecule has 0 amide bonds. The number of fused-ring (bicyclic) bond motifs is 1. The van der Waals surface area contributed by atoms with E-state index in [1.165, 1.54) is 0 Å². The molecule has 5 nitrogen and oxygen atoms in total. The van der Waals surface area contributed by atoms with Crippen LogP contribution in [0.25, 0.3) is 16.9 Å². The maximum atomic E-state index is 4.21. The summed E-state index contributed by atoms with van der Waals surface area (Å²) in [5.74, 6) is 0.756. The van der Waals surface area contributed by atoms with Crippen LogP contribution in [0.1, 0.15) is 0 Å². The predicted octanol–water partition coefficient (Wildman–Crippen LogP) is 1.21. The highest BCUT2D eigenvalue weighted by atomic mass is 15.4. The predicted molar refractivity (Wildman–Crippen MR) is 54.5 cm³/mol. The van der Waals surface area contributed by atoms with Crippen molar-refractivity contribution < 1.29 is 0 Å². The first-order valence-electron chi connectivity index (χ1n) is 4.52. The van der Waals surface area contributed by atoms with Crippen molar-refractivity contribution >= 4 is 11.0 Å². The minimum Gasteiger partial charge on any atom is -0.262 e. The Bertz CT molecular complexity index is 587. The highest BCUT2D eigenvalue weighted by Crippen LogP contribution is 2.12. The van der Waals surface area contributed by atoms with Crippen LogP contribution >= 0.6 is 0 Å². The standard InChI is InChI=1S/C10H7N5/c1-2-5-12-10(3-1)15-9-4-6-11-7-8(9)13-14-15/h1-7H. The van der Waals surface area contributed by atoms with Gasteiger partial charge in [-0.15, -0.1) is 5.10 Å². The first kappa shape index (κ1) is 8.05. The fraction of sp³-hybridized carbons (Fsp3) is 0. The van der Waals surface area contributed by atoms with Gasteiger partial charge in [0.1, 0.15) is 5.52 Å². The van der Waals surface area contributed by atoms with Crippen molar-refractivity contribution in [2.24, 2.45) is 0 Å². The van der Waals surface area contributed by atoms with E-state index in [1.54, 1.807) is 23.3 Å². The third-order valence-electron chi connectivity index (χ3n) is 2.11. The summed E-state index contributed by atoms with van der Waals surface area (Å²) >= 11 is 0.